The van der Waals surface area contributed by atoms with Gasteiger partial charge in [-0.05, 0) is 41.7 Å². The Bertz CT molecular complexity index is 1010. The van der Waals surface area contributed by atoms with Crippen molar-refractivity contribution in [2.24, 2.45) is 10.7 Å². The summed E-state index contributed by atoms with van der Waals surface area (Å²) in [7, 11) is 0. The summed E-state index contributed by atoms with van der Waals surface area (Å²) >= 11 is 0. The molecule has 0 unspecified atom stereocenters. The van der Waals surface area contributed by atoms with Gasteiger partial charge in [0.25, 0.3) is 0 Å². The number of carbonyl (C=O) groups is 1. The molecule has 29 heavy (non-hydrogen) atoms. The van der Waals surface area contributed by atoms with Gasteiger partial charge in [-0.15, -0.1) is 0 Å². The molecular weight excluding hydrogens is 358 g/mol. The van der Waals surface area contributed by atoms with Gasteiger partial charge in [0.15, 0.2) is 0 Å². The van der Waals surface area contributed by atoms with E-state index in [9.17, 15) is 4.79 Å². The molecule has 3 aromatic rings. The lowest BCUT2D eigenvalue weighted by Crippen LogP contribution is -2.35. The zero-order valence-corrected chi connectivity index (χ0v) is 16.4. The van der Waals surface area contributed by atoms with Crippen molar-refractivity contribution in [3.05, 3.63) is 101 Å². The molecule has 0 atom stereocenters. The van der Waals surface area contributed by atoms with Crippen LogP contribution >= 0.6 is 0 Å². The lowest BCUT2D eigenvalue weighted by atomic mass is 10.0. The average molecular weight is 383 g/mol. The molecule has 0 saturated heterocycles. The minimum Gasteiger partial charge on any atom is -0.366 e. The highest BCUT2D eigenvalue weighted by atomic mass is 16.1. The average Bonchev–Trinajstić information content (AvgIpc) is 2.77. The van der Waals surface area contributed by atoms with Crippen LogP contribution in [0.4, 0.5) is 5.69 Å². The third-order valence-electron chi connectivity index (χ3n) is 5.34. The zero-order valence-electron chi connectivity index (χ0n) is 16.4. The number of amidine groups is 1. The van der Waals surface area contributed by atoms with Crippen LogP contribution in [-0.4, -0.2) is 23.2 Å². The van der Waals surface area contributed by atoms with E-state index in [-0.39, 0.29) is 0 Å². The SMILES string of the molecule is NC(=O)c1ccc2c(c1)N=C(CCc1ccccc1)N(CCc1ccccc1)C2. The Morgan fingerprint density at radius 2 is 1.52 bits per heavy atom. The van der Waals surface area contributed by atoms with Gasteiger partial charge in [-0.1, -0.05) is 66.7 Å². The van der Waals surface area contributed by atoms with Gasteiger partial charge < -0.3 is 10.6 Å². The van der Waals surface area contributed by atoms with Crippen molar-refractivity contribution in [3.8, 4) is 0 Å². The smallest absolute Gasteiger partial charge is 0.248 e. The molecule has 0 spiro atoms. The molecular formula is C25H25N3O. The maximum Gasteiger partial charge on any atom is 0.248 e. The first-order valence-corrected chi connectivity index (χ1v) is 10.0. The van der Waals surface area contributed by atoms with Crippen LogP contribution in [0, 0.1) is 0 Å². The van der Waals surface area contributed by atoms with E-state index in [0.29, 0.717) is 5.56 Å². The minimum absolute atomic E-state index is 0.416. The first-order valence-electron chi connectivity index (χ1n) is 10.0. The molecule has 3 aromatic carbocycles. The largest absolute Gasteiger partial charge is 0.366 e. The molecule has 0 radical (unpaired) electrons. The van der Waals surface area contributed by atoms with E-state index in [2.05, 4.69) is 53.4 Å². The van der Waals surface area contributed by atoms with Gasteiger partial charge in [-0.3, -0.25) is 4.79 Å². The molecule has 4 rings (SSSR count). The lowest BCUT2D eigenvalue weighted by Gasteiger charge is -2.31. The Morgan fingerprint density at radius 3 is 2.17 bits per heavy atom. The van der Waals surface area contributed by atoms with E-state index in [1.54, 1.807) is 6.07 Å². The molecule has 1 amide bonds. The molecule has 2 N–H and O–H groups in total. The highest BCUT2D eigenvalue weighted by molar-refractivity contribution is 5.95. The third-order valence-corrected chi connectivity index (χ3v) is 5.34. The first-order chi connectivity index (χ1) is 14.2. The van der Waals surface area contributed by atoms with Crippen molar-refractivity contribution in [3.63, 3.8) is 0 Å². The van der Waals surface area contributed by atoms with Gasteiger partial charge in [0.2, 0.25) is 5.91 Å². The standard InChI is InChI=1S/C25H25N3O/c26-25(29)21-12-13-22-18-28(16-15-20-9-5-2-6-10-20)24(27-23(22)17-21)14-11-19-7-3-1-4-8-19/h1-10,12-13,17H,11,14-16,18H2,(H2,26,29). The number of nitrogens with zero attached hydrogens (tertiary/aromatic N) is 2. The number of aliphatic imine (C=N–C) groups is 1. The first kappa shape index (κ1) is 18.9. The van der Waals surface area contributed by atoms with Crippen molar-refractivity contribution in [2.75, 3.05) is 6.54 Å². The van der Waals surface area contributed by atoms with E-state index in [1.807, 2.05) is 24.3 Å². The van der Waals surface area contributed by atoms with Crippen molar-refractivity contribution in [2.45, 2.75) is 25.8 Å². The van der Waals surface area contributed by atoms with Gasteiger partial charge in [0, 0.05) is 25.1 Å². The van der Waals surface area contributed by atoms with Crippen LogP contribution in [0.1, 0.15) is 33.5 Å². The summed E-state index contributed by atoms with van der Waals surface area (Å²) in [5.41, 5.74) is 10.6. The Kier molecular flexibility index (Phi) is 5.71. The zero-order chi connectivity index (χ0) is 20.1. The minimum atomic E-state index is -0.416. The molecule has 0 fully saturated rings. The fourth-order valence-electron chi connectivity index (χ4n) is 3.69. The third kappa shape index (κ3) is 4.72. The van der Waals surface area contributed by atoms with Crippen LogP contribution < -0.4 is 5.73 Å². The Balaban J connectivity index is 1.56. The predicted molar refractivity (Wildman–Crippen MR) is 117 cm³/mol. The number of nitrogens with two attached hydrogens (primary N) is 1. The summed E-state index contributed by atoms with van der Waals surface area (Å²) in [6.45, 7) is 1.71. The molecule has 0 aromatic heterocycles. The molecule has 0 saturated carbocycles. The summed E-state index contributed by atoms with van der Waals surface area (Å²) in [4.78, 5) is 18.9. The van der Waals surface area contributed by atoms with Crippen molar-refractivity contribution < 1.29 is 4.79 Å². The van der Waals surface area contributed by atoms with Gasteiger partial charge in [0.05, 0.1) is 5.69 Å². The molecule has 1 aliphatic heterocycles. The number of amides is 1. The Hall–Kier alpha value is -3.40. The Morgan fingerprint density at radius 1 is 0.862 bits per heavy atom. The topological polar surface area (TPSA) is 58.7 Å². The summed E-state index contributed by atoms with van der Waals surface area (Å²) in [6, 6.07) is 26.6. The van der Waals surface area contributed by atoms with Crippen LogP contribution in [-0.2, 0) is 19.4 Å². The summed E-state index contributed by atoms with van der Waals surface area (Å²) in [5.74, 6) is 0.652. The van der Waals surface area contributed by atoms with Gasteiger partial charge in [-0.2, -0.15) is 0 Å². The van der Waals surface area contributed by atoms with E-state index in [0.717, 1.165) is 49.4 Å². The maximum absolute atomic E-state index is 11.6. The fraction of sp³-hybridized carbons (Fsp3) is 0.200. The molecule has 146 valence electrons. The number of hydrogen-bond acceptors (Lipinski definition) is 3. The van der Waals surface area contributed by atoms with Crippen LogP contribution in [0.3, 0.4) is 0 Å². The monoisotopic (exact) mass is 383 g/mol. The Labute approximate surface area is 171 Å². The van der Waals surface area contributed by atoms with Crippen molar-refractivity contribution in [1.82, 2.24) is 4.90 Å². The number of aryl methyl sites for hydroxylation is 1. The second-order valence-electron chi connectivity index (χ2n) is 7.38. The van der Waals surface area contributed by atoms with E-state index < -0.39 is 5.91 Å². The number of primary amides is 1. The highest BCUT2D eigenvalue weighted by Gasteiger charge is 2.20. The molecule has 1 heterocycles. The number of hydrogen-bond donors (Lipinski definition) is 1. The van der Waals surface area contributed by atoms with E-state index >= 15 is 0 Å². The van der Waals surface area contributed by atoms with Crippen molar-refractivity contribution in [1.29, 1.82) is 0 Å². The quantitative estimate of drug-likeness (QED) is 0.653. The number of benzene rings is 3. The number of fused-ring (bicyclic) bond motifs is 1. The lowest BCUT2D eigenvalue weighted by molar-refractivity contribution is 0.100. The van der Waals surface area contributed by atoms with Gasteiger partial charge in [0.1, 0.15) is 5.84 Å². The van der Waals surface area contributed by atoms with Crippen LogP contribution in [0.15, 0.2) is 83.9 Å². The molecule has 1 aliphatic rings. The number of rotatable bonds is 7. The van der Waals surface area contributed by atoms with Gasteiger partial charge >= 0.3 is 0 Å². The summed E-state index contributed by atoms with van der Waals surface area (Å²) < 4.78 is 0. The maximum atomic E-state index is 11.6. The van der Waals surface area contributed by atoms with Crippen LogP contribution in [0.2, 0.25) is 0 Å². The highest BCUT2D eigenvalue weighted by Crippen LogP contribution is 2.29. The molecule has 4 heteroatoms. The second-order valence-corrected chi connectivity index (χ2v) is 7.38. The number of carbonyl (C=O) groups excluding carboxylic acids is 1. The summed E-state index contributed by atoms with van der Waals surface area (Å²) in [6.07, 6.45) is 2.77. The summed E-state index contributed by atoms with van der Waals surface area (Å²) in [5, 5.41) is 0. The molecule has 0 bridgehead atoms. The normalized spacial score (nSPS) is 13.0. The van der Waals surface area contributed by atoms with Gasteiger partial charge in [-0.25, -0.2) is 4.99 Å². The molecule has 4 nitrogen and oxygen atoms in total. The van der Waals surface area contributed by atoms with E-state index in [4.69, 9.17) is 10.7 Å². The van der Waals surface area contributed by atoms with Crippen molar-refractivity contribution >= 4 is 17.4 Å². The second kappa shape index (κ2) is 8.74. The van der Waals surface area contributed by atoms with Crippen LogP contribution in [0.5, 0.6) is 0 Å². The molecule has 0 aliphatic carbocycles. The predicted octanol–water partition coefficient (Wildman–Crippen LogP) is 4.51. The van der Waals surface area contributed by atoms with E-state index in [1.165, 1.54) is 11.1 Å². The van der Waals surface area contributed by atoms with Crippen LogP contribution in [0.25, 0.3) is 0 Å². The fourth-order valence-corrected chi connectivity index (χ4v) is 3.69.